The van der Waals surface area contributed by atoms with Crippen LogP contribution in [0.3, 0.4) is 0 Å². The lowest BCUT2D eigenvalue weighted by molar-refractivity contribution is 0.627. The first-order valence-corrected chi connectivity index (χ1v) is 18.5. The topological polar surface area (TPSA) is 38.7 Å². The molecule has 2 aromatic heterocycles. The number of rotatable bonds is 6. The SMILES string of the molecule is CC1(C)C=CC=C(c2cc(-c3ccccc3)cc(-c3ccccc3)n2)C=C1.CC1(C)C=CC=C(c2cc(-c3ccccc3)nc(-c3ccccc3)n2)C=C1. The first-order valence-electron chi connectivity index (χ1n) is 18.5. The Hall–Kier alpha value is -6.45. The second-order valence-corrected chi connectivity index (χ2v) is 14.8. The molecule has 0 saturated heterocycles. The maximum atomic E-state index is 4.99. The Kier molecular flexibility index (Phi) is 10.7. The minimum absolute atomic E-state index is 0.0375. The average Bonchev–Trinajstić information content (AvgIpc) is 3.52. The van der Waals surface area contributed by atoms with Crippen LogP contribution in [0.15, 0.2) is 200 Å². The number of hydrogen-bond donors (Lipinski definition) is 0. The third-order valence-corrected chi connectivity index (χ3v) is 9.41. The first kappa shape index (κ1) is 35.9. The summed E-state index contributed by atoms with van der Waals surface area (Å²) in [6.07, 6.45) is 21.7. The van der Waals surface area contributed by atoms with Gasteiger partial charge in [-0.25, -0.2) is 15.0 Å². The monoisotopic (exact) mass is 699 g/mol. The van der Waals surface area contributed by atoms with Gasteiger partial charge in [0.2, 0.25) is 0 Å². The molecule has 2 heterocycles. The summed E-state index contributed by atoms with van der Waals surface area (Å²) < 4.78 is 0. The van der Waals surface area contributed by atoms with Crippen LogP contribution in [0.2, 0.25) is 0 Å². The van der Waals surface area contributed by atoms with Crippen molar-refractivity contribution >= 4 is 11.1 Å². The van der Waals surface area contributed by atoms with Gasteiger partial charge in [0.25, 0.3) is 0 Å². The molecular formula is C51H45N3. The van der Waals surface area contributed by atoms with Crippen molar-refractivity contribution in [2.24, 2.45) is 10.8 Å². The molecule has 0 saturated carbocycles. The highest BCUT2D eigenvalue weighted by molar-refractivity contribution is 5.81. The fourth-order valence-corrected chi connectivity index (χ4v) is 6.27. The zero-order valence-electron chi connectivity index (χ0n) is 31.4. The molecule has 0 unspecified atom stereocenters. The lowest BCUT2D eigenvalue weighted by Gasteiger charge is -2.13. The number of hydrogen-bond acceptors (Lipinski definition) is 3. The summed E-state index contributed by atoms with van der Waals surface area (Å²) in [6.45, 7) is 8.81. The highest BCUT2D eigenvalue weighted by Gasteiger charge is 2.16. The highest BCUT2D eigenvalue weighted by atomic mass is 14.9. The van der Waals surface area contributed by atoms with Crippen LogP contribution in [0.1, 0.15) is 39.1 Å². The molecule has 54 heavy (non-hydrogen) atoms. The molecule has 4 aromatic carbocycles. The third kappa shape index (κ3) is 9.12. The summed E-state index contributed by atoms with van der Waals surface area (Å²) in [4.78, 5) is 14.7. The molecule has 0 radical (unpaired) electrons. The fraction of sp³-hybridized carbons (Fsp3) is 0.118. The molecule has 0 atom stereocenters. The van der Waals surface area contributed by atoms with E-state index in [-0.39, 0.29) is 10.8 Å². The molecule has 264 valence electrons. The summed E-state index contributed by atoms with van der Waals surface area (Å²) in [5.74, 6) is 0.744. The van der Waals surface area contributed by atoms with Gasteiger partial charge in [-0.3, -0.25) is 0 Å². The van der Waals surface area contributed by atoms with Gasteiger partial charge in [-0.15, -0.1) is 0 Å². The van der Waals surface area contributed by atoms with Gasteiger partial charge in [0.1, 0.15) is 0 Å². The summed E-state index contributed by atoms with van der Waals surface area (Å²) in [7, 11) is 0. The standard InChI is InChI=1S/C26H23N.C25H22N2/c1-26(2)16-9-14-22(15-17-26)25-19-23(20-10-5-3-6-11-20)18-24(27-25)21-12-7-4-8-13-21;1-25(2)16-9-14-20(15-17-25)23-18-22(19-10-5-3-6-11-19)26-24(27-23)21-12-7-4-8-13-21/h3-19H,1-2H3;3-18H,1-2H3. The van der Waals surface area contributed by atoms with Crippen molar-refractivity contribution in [1.29, 1.82) is 0 Å². The summed E-state index contributed by atoms with van der Waals surface area (Å²) >= 11 is 0. The molecular weight excluding hydrogens is 655 g/mol. The molecule has 0 bridgehead atoms. The van der Waals surface area contributed by atoms with Crippen molar-refractivity contribution < 1.29 is 0 Å². The third-order valence-electron chi connectivity index (χ3n) is 9.41. The Balaban J connectivity index is 0.000000167. The van der Waals surface area contributed by atoms with Crippen LogP contribution in [0.4, 0.5) is 0 Å². The van der Waals surface area contributed by atoms with Gasteiger partial charge in [0, 0.05) is 27.5 Å². The number of benzene rings is 4. The van der Waals surface area contributed by atoms with Crippen molar-refractivity contribution in [3.05, 3.63) is 212 Å². The van der Waals surface area contributed by atoms with Crippen LogP contribution in [-0.4, -0.2) is 15.0 Å². The van der Waals surface area contributed by atoms with E-state index in [9.17, 15) is 0 Å². The van der Waals surface area contributed by atoms with E-state index >= 15 is 0 Å². The van der Waals surface area contributed by atoms with Gasteiger partial charge >= 0.3 is 0 Å². The van der Waals surface area contributed by atoms with Gasteiger partial charge in [0.05, 0.1) is 22.8 Å². The minimum atomic E-state index is 0.0375. The van der Waals surface area contributed by atoms with Crippen molar-refractivity contribution in [3.8, 4) is 45.0 Å². The number of pyridine rings is 1. The molecule has 8 rings (SSSR count). The van der Waals surface area contributed by atoms with Gasteiger partial charge in [-0.1, -0.05) is 210 Å². The van der Waals surface area contributed by atoms with Crippen LogP contribution in [0.5, 0.6) is 0 Å². The molecule has 3 heteroatoms. The Morgan fingerprint density at radius 1 is 0.352 bits per heavy atom. The van der Waals surface area contributed by atoms with Crippen molar-refractivity contribution in [1.82, 2.24) is 15.0 Å². The van der Waals surface area contributed by atoms with Crippen molar-refractivity contribution in [2.75, 3.05) is 0 Å². The first-order chi connectivity index (χ1) is 26.2. The minimum Gasteiger partial charge on any atom is -0.248 e. The lowest BCUT2D eigenvalue weighted by atomic mass is 9.93. The van der Waals surface area contributed by atoms with Crippen LogP contribution in [-0.2, 0) is 0 Å². The summed E-state index contributed by atoms with van der Waals surface area (Å²) in [5.41, 5.74) is 11.8. The van der Waals surface area contributed by atoms with E-state index in [2.05, 4.69) is 167 Å². The molecule has 3 nitrogen and oxygen atoms in total. The zero-order valence-corrected chi connectivity index (χ0v) is 31.4. The van der Waals surface area contributed by atoms with Gasteiger partial charge < -0.3 is 0 Å². The van der Waals surface area contributed by atoms with Crippen LogP contribution >= 0.6 is 0 Å². The Morgan fingerprint density at radius 3 is 1.24 bits per heavy atom. The number of aromatic nitrogens is 3. The highest BCUT2D eigenvalue weighted by Crippen LogP contribution is 2.32. The summed E-state index contributed by atoms with van der Waals surface area (Å²) in [5, 5.41) is 0. The largest absolute Gasteiger partial charge is 0.248 e. The average molecular weight is 700 g/mol. The molecule has 0 spiro atoms. The molecule has 0 N–H and O–H groups in total. The van der Waals surface area contributed by atoms with E-state index in [0.29, 0.717) is 0 Å². The van der Waals surface area contributed by atoms with E-state index < -0.39 is 0 Å². The van der Waals surface area contributed by atoms with Gasteiger partial charge in [-0.05, 0) is 40.5 Å². The smallest absolute Gasteiger partial charge is 0.160 e. The molecule has 0 fully saturated rings. The normalized spacial score (nSPS) is 15.3. The quantitative estimate of drug-likeness (QED) is 0.174. The Labute approximate surface area is 320 Å². The van der Waals surface area contributed by atoms with Crippen LogP contribution < -0.4 is 0 Å². The van der Waals surface area contributed by atoms with Crippen LogP contribution in [0, 0.1) is 10.8 Å². The van der Waals surface area contributed by atoms with Crippen molar-refractivity contribution in [2.45, 2.75) is 27.7 Å². The predicted molar refractivity (Wildman–Crippen MR) is 228 cm³/mol. The van der Waals surface area contributed by atoms with Gasteiger partial charge in [0.15, 0.2) is 5.82 Å². The zero-order chi connectivity index (χ0) is 37.4. The van der Waals surface area contributed by atoms with Gasteiger partial charge in [-0.2, -0.15) is 0 Å². The Morgan fingerprint density at radius 2 is 0.741 bits per heavy atom. The van der Waals surface area contributed by atoms with E-state index in [1.165, 1.54) is 11.1 Å². The fourth-order valence-electron chi connectivity index (χ4n) is 6.27. The second kappa shape index (κ2) is 16.1. The molecule has 6 aromatic rings. The predicted octanol–water partition coefficient (Wildman–Crippen LogP) is 13.3. The maximum absolute atomic E-state index is 4.99. The van der Waals surface area contributed by atoms with E-state index in [0.717, 1.165) is 56.4 Å². The number of nitrogens with zero attached hydrogens (tertiary/aromatic N) is 3. The summed E-state index contributed by atoms with van der Waals surface area (Å²) in [6, 6.07) is 47.7. The second-order valence-electron chi connectivity index (χ2n) is 14.8. The lowest BCUT2D eigenvalue weighted by Crippen LogP contribution is -2.01. The molecule has 0 amide bonds. The number of allylic oxidation sites excluding steroid dienone is 12. The molecule has 2 aliphatic rings. The maximum Gasteiger partial charge on any atom is 0.160 e. The van der Waals surface area contributed by atoms with E-state index in [1.54, 1.807) is 0 Å². The molecule has 2 aliphatic carbocycles. The molecule has 0 aliphatic heterocycles. The van der Waals surface area contributed by atoms with E-state index in [4.69, 9.17) is 15.0 Å². The Bertz CT molecular complexity index is 2110. The van der Waals surface area contributed by atoms with Crippen molar-refractivity contribution in [3.63, 3.8) is 0 Å². The van der Waals surface area contributed by atoms with Crippen LogP contribution in [0.25, 0.3) is 56.2 Å². The van der Waals surface area contributed by atoms with E-state index in [1.807, 2.05) is 60.7 Å².